The molecule has 8 heteroatoms. The van der Waals surface area contributed by atoms with Crippen LogP contribution >= 0.6 is 0 Å². The van der Waals surface area contributed by atoms with Crippen molar-refractivity contribution in [2.75, 3.05) is 40.7 Å². The van der Waals surface area contributed by atoms with Crippen LogP contribution in [0.15, 0.2) is 71.6 Å². The Kier molecular flexibility index (Phi) is 9.55. The number of carbonyl (C=O) groups excluding carboxylic acids is 1. The molecule has 0 aromatic heterocycles. The SMILES string of the molecule is COc1ccc(CCN(Cc2ccc(OC)c(OC)c2)C(=O)CS(=O)c2ccccc2)cc1OC. The molecule has 3 aromatic rings. The van der Waals surface area contributed by atoms with Gasteiger partial charge in [0, 0.05) is 18.0 Å². The topological polar surface area (TPSA) is 74.3 Å². The average molecular weight is 498 g/mol. The lowest BCUT2D eigenvalue weighted by atomic mass is 10.1. The number of benzene rings is 3. The quantitative estimate of drug-likeness (QED) is 0.375. The molecule has 0 aliphatic rings. The molecule has 186 valence electrons. The standard InChI is InChI=1S/C27H31NO6S/c1-31-23-12-10-20(16-25(23)33-3)14-15-28(18-21-11-13-24(32-2)26(17-21)34-4)27(29)19-35(30)22-8-6-5-7-9-22/h5-13,16-17H,14-15,18-19H2,1-4H3. The van der Waals surface area contributed by atoms with Crippen LogP contribution in [0.5, 0.6) is 23.0 Å². The molecule has 0 saturated heterocycles. The summed E-state index contributed by atoms with van der Waals surface area (Å²) in [4.78, 5) is 15.6. The van der Waals surface area contributed by atoms with Gasteiger partial charge in [-0.1, -0.05) is 30.3 Å². The number of hydrogen-bond donors (Lipinski definition) is 0. The van der Waals surface area contributed by atoms with Crippen LogP contribution < -0.4 is 18.9 Å². The highest BCUT2D eigenvalue weighted by Crippen LogP contribution is 2.29. The van der Waals surface area contributed by atoms with E-state index in [9.17, 15) is 9.00 Å². The molecule has 0 aliphatic carbocycles. The van der Waals surface area contributed by atoms with Crippen LogP contribution in [0, 0.1) is 0 Å². The van der Waals surface area contributed by atoms with Crippen LogP contribution in [-0.4, -0.2) is 55.8 Å². The Morgan fingerprint density at radius 2 is 1.29 bits per heavy atom. The van der Waals surface area contributed by atoms with Gasteiger partial charge in [0.15, 0.2) is 23.0 Å². The molecule has 3 aromatic carbocycles. The summed E-state index contributed by atoms with van der Waals surface area (Å²) in [7, 11) is 4.90. The minimum Gasteiger partial charge on any atom is -0.493 e. The predicted octanol–water partition coefficient (Wildman–Crippen LogP) is 4.10. The third kappa shape index (κ3) is 6.99. The second kappa shape index (κ2) is 12.8. The first kappa shape index (κ1) is 26.1. The van der Waals surface area contributed by atoms with Gasteiger partial charge in [0.25, 0.3) is 0 Å². The Balaban J connectivity index is 1.80. The maximum absolute atomic E-state index is 13.3. The van der Waals surface area contributed by atoms with E-state index >= 15 is 0 Å². The molecule has 0 radical (unpaired) electrons. The van der Waals surface area contributed by atoms with Crippen LogP contribution in [0.2, 0.25) is 0 Å². The zero-order valence-corrected chi connectivity index (χ0v) is 21.3. The smallest absolute Gasteiger partial charge is 0.235 e. The molecular weight excluding hydrogens is 466 g/mol. The molecular formula is C27H31NO6S. The van der Waals surface area contributed by atoms with Gasteiger partial charge in [-0.25, -0.2) is 0 Å². The van der Waals surface area contributed by atoms with Gasteiger partial charge in [0.05, 0.1) is 39.2 Å². The molecule has 0 spiro atoms. The lowest BCUT2D eigenvalue weighted by molar-refractivity contribution is -0.129. The van der Waals surface area contributed by atoms with Crippen LogP contribution in [0.1, 0.15) is 11.1 Å². The summed E-state index contributed by atoms with van der Waals surface area (Å²) in [5.41, 5.74) is 1.88. The van der Waals surface area contributed by atoms with Gasteiger partial charge in [-0.15, -0.1) is 0 Å². The van der Waals surface area contributed by atoms with E-state index in [-0.39, 0.29) is 11.7 Å². The summed E-state index contributed by atoms with van der Waals surface area (Å²) in [6, 6.07) is 20.3. The highest BCUT2D eigenvalue weighted by Gasteiger charge is 2.19. The third-order valence-electron chi connectivity index (χ3n) is 5.55. The number of ether oxygens (including phenoxy) is 4. The fourth-order valence-electron chi connectivity index (χ4n) is 3.65. The Hall–Kier alpha value is -3.52. The second-order valence-corrected chi connectivity index (χ2v) is 9.20. The highest BCUT2D eigenvalue weighted by molar-refractivity contribution is 7.85. The molecule has 1 atom stereocenters. The Morgan fingerprint density at radius 3 is 1.86 bits per heavy atom. The minimum atomic E-state index is -1.43. The van der Waals surface area contributed by atoms with Crippen molar-refractivity contribution in [3.8, 4) is 23.0 Å². The predicted molar refractivity (Wildman–Crippen MR) is 136 cm³/mol. The Labute approximate surface area is 209 Å². The van der Waals surface area contributed by atoms with Crippen molar-refractivity contribution in [3.05, 3.63) is 77.9 Å². The first-order valence-electron chi connectivity index (χ1n) is 11.1. The van der Waals surface area contributed by atoms with Crippen molar-refractivity contribution in [2.24, 2.45) is 0 Å². The van der Waals surface area contributed by atoms with Crippen LogP contribution in [-0.2, 0) is 28.6 Å². The number of rotatable bonds is 12. The normalized spacial score (nSPS) is 11.4. The summed E-state index contributed by atoms with van der Waals surface area (Å²) >= 11 is 0. The van der Waals surface area contributed by atoms with Gasteiger partial charge in [0.2, 0.25) is 5.91 Å². The monoisotopic (exact) mass is 497 g/mol. The van der Waals surface area contributed by atoms with Crippen molar-refractivity contribution in [1.29, 1.82) is 0 Å². The van der Waals surface area contributed by atoms with E-state index in [2.05, 4.69) is 0 Å². The fraction of sp³-hybridized carbons (Fsp3) is 0.296. The summed E-state index contributed by atoms with van der Waals surface area (Å²) in [6.07, 6.45) is 0.595. The van der Waals surface area contributed by atoms with E-state index in [4.69, 9.17) is 18.9 Å². The number of amides is 1. The summed E-state index contributed by atoms with van der Waals surface area (Å²) in [5.74, 6) is 2.20. The van der Waals surface area contributed by atoms with Crippen molar-refractivity contribution in [1.82, 2.24) is 4.90 Å². The van der Waals surface area contributed by atoms with Crippen LogP contribution in [0.25, 0.3) is 0 Å². The molecule has 0 fully saturated rings. The maximum atomic E-state index is 13.3. The summed E-state index contributed by atoms with van der Waals surface area (Å²) < 4.78 is 34.3. The van der Waals surface area contributed by atoms with Gasteiger partial charge >= 0.3 is 0 Å². The average Bonchev–Trinajstić information content (AvgIpc) is 2.90. The zero-order chi connectivity index (χ0) is 25.2. The van der Waals surface area contributed by atoms with Gasteiger partial charge in [-0.05, 0) is 53.9 Å². The largest absolute Gasteiger partial charge is 0.493 e. The van der Waals surface area contributed by atoms with Gasteiger partial charge in [0.1, 0.15) is 5.75 Å². The number of hydrogen-bond acceptors (Lipinski definition) is 6. The maximum Gasteiger partial charge on any atom is 0.235 e. The van der Waals surface area contributed by atoms with Crippen molar-refractivity contribution < 1.29 is 28.0 Å². The minimum absolute atomic E-state index is 0.0940. The van der Waals surface area contributed by atoms with E-state index in [0.29, 0.717) is 47.4 Å². The summed E-state index contributed by atoms with van der Waals surface area (Å²) in [6.45, 7) is 0.785. The third-order valence-corrected chi connectivity index (χ3v) is 6.86. The first-order chi connectivity index (χ1) is 17.0. The van der Waals surface area contributed by atoms with E-state index in [1.165, 1.54) is 0 Å². The van der Waals surface area contributed by atoms with Crippen LogP contribution in [0.4, 0.5) is 0 Å². The zero-order valence-electron chi connectivity index (χ0n) is 20.5. The van der Waals surface area contributed by atoms with Gasteiger partial charge < -0.3 is 23.8 Å². The molecule has 0 N–H and O–H groups in total. The van der Waals surface area contributed by atoms with Crippen molar-refractivity contribution >= 4 is 16.7 Å². The Morgan fingerprint density at radius 1 is 0.743 bits per heavy atom. The first-order valence-corrected chi connectivity index (χ1v) is 12.4. The lowest BCUT2D eigenvalue weighted by Gasteiger charge is -2.24. The molecule has 0 bridgehead atoms. The fourth-order valence-corrected chi connectivity index (χ4v) is 4.68. The summed E-state index contributed by atoms with van der Waals surface area (Å²) in [5, 5.41) is 0. The number of nitrogens with zero attached hydrogens (tertiary/aromatic N) is 1. The second-order valence-electron chi connectivity index (χ2n) is 7.75. The molecule has 1 unspecified atom stereocenters. The Bertz CT molecular complexity index is 1150. The number of carbonyl (C=O) groups is 1. The van der Waals surface area contributed by atoms with E-state index in [0.717, 1.165) is 11.1 Å². The highest BCUT2D eigenvalue weighted by atomic mass is 32.2. The molecule has 7 nitrogen and oxygen atoms in total. The van der Waals surface area contributed by atoms with E-state index < -0.39 is 10.8 Å². The van der Waals surface area contributed by atoms with E-state index in [1.807, 2.05) is 54.6 Å². The molecule has 1 amide bonds. The lowest BCUT2D eigenvalue weighted by Crippen LogP contribution is -2.35. The van der Waals surface area contributed by atoms with E-state index in [1.54, 1.807) is 45.5 Å². The molecule has 35 heavy (non-hydrogen) atoms. The van der Waals surface area contributed by atoms with Crippen molar-refractivity contribution in [3.63, 3.8) is 0 Å². The molecule has 0 heterocycles. The van der Waals surface area contributed by atoms with Gasteiger partial charge in [-0.2, -0.15) is 0 Å². The molecule has 0 aliphatic heterocycles. The molecule has 3 rings (SSSR count). The molecule has 0 saturated carbocycles. The number of methoxy groups -OCH3 is 4. The van der Waals surface area contributed by atoms with Gasteiger partial charge in [-0.3, -0.25) is 9.00 Å². The van der Waals surface area contributed by atoms with Crippen LogP contribution in [0.3, 0.4) is 0 Å². The van der Waals surface area contributed by atoms with Crippen molar-refractivity contribution in [2.45, 2.75) is 17.9 Å².